The number of carbonyl (C=O) groups is 14. The molecule has 0 saturated heterocycles. The van der Waals surface area contributed by atoms with E-state index in [4.69, 9.17) is 19.8 Å². The molecule has 0 heterocycles. The van der Waals surface area contributed by atoms with Crippen LogP contribution in [0.1, 0.15) is 183 Å². The van der Waals surface area contributed by atoms with Crippen LogP contribution in [-0.2, 0) is 62.4 Å². The number of ether oxygens (including phenoxy) is 2. The molecule has 13 rings (SSSR count). The van der Waals surface area contributed by atoms with Gasteiger partial charge in [0.2, 0.25) is 0 Å². The molecule has 0 saturated carbocycles. The summed E-state index contributed by atoms with van der Waals surface area (Å²) in [4.78, 5) is 165. The number of methoxy groups -OCH3 is 2. The van der Waals surface area contributed by atoms with E-state index in [1.807, 2.05) is 115 Å². The van der Waals surface area contributed by atoms with Crippen molar-refractivity contribution in [2.75, 3.05) is 46.1 Å². The molecule has 0 atom stereocenters. The SMILES string of the molecule is C.C=C(OC)c1ccccc1CC(=O)Cc1cccc(C#N)c1.CC(=O)c1cccc(NC(=O)Nc2ccccc2C(C)=O)c1.CC(=O)c1ccccc1CC(=O)Cc1ccccc1C(C)=O.CCC(=O)c1ccccc1NC(=O)Nc1ccc(C(C)=O)cc1.COC(=O)c1ccccc1NC(=O)Nc1ccc2ccccc2c1.O=C(Cc1ccccc1)Cc1ccccc1C(=O)O. The molecule has 133 heavy (non-hydrogen) atoms. The van der Waals surface area contributed by atoms with Crippen LogP contribution in [0.5, 0.6) is 0 Å². The highest BCUT2D eigenvalue weighted by molar-refractivity contribution is 6.10. The number of nitrogens with one attached hydrogen (secondary N) is 6. The molecule has 0 spiro atoms. The summed E-state index contributed by atoms with van der Waals surface area (Å²) in [6, 6.07) is 92.9. The quantitative estimate of drug-likeness (QED) is 0.0130. The summed E-state index contributed by atoms with van der Waals surface area (Å²) in [6.07, 6.45) is 1.86. The van der Waals surface area contributed by atoms with Gasteiger partial charge in [-0.1, -0.05) is 233 Å². The van der Waals surface area contributed by atoms with Crippen molar-refractivity contribution in [1.29, 1.82) is 5.26 Å². The molecule has 676 valence electrons. The number of hydrogen-bond acceptors (Lipinski definition) is 17. The number of para-hydroxylation sites is 3. The number of aromatic carboxylic acids is 1. The Balaban J connectivity index is 0.000000218. The van der Waals surface area contributed by atoms with Crippen molar-refractivity contribution in [3.05, 3.63) is 411 Å². The molecule has 6 amide bonds. The van der Waals surface area contributed by atoms with Gasteiger partial charge in [0.1, 0.15) is 23.1 Å². The number of amides is 6. The van der Waals surface area contributed by atoms with Gasteiger partial charge in [0, 0.05) is 101 Å². The number of hydrogen-bond donors (Lipinski definition) is 7. The molecule has 0 radical (unpaired) electrons. The van der Waals surface area contributed by atoms with Crippen LogP contribution in [0.4, 0.5) is 48.5 Å². The molecule has 0 fully saturated rings. The predicted molar refractivity (Wildman–Crippen MR) is 520 cm³/mol. The summed E-state index contributed by atoms with van der Waals surface area (Å²) in [5, 5.41) is 36.1. The van der Waals surface area contributed by atoms with Crippen molar-refractivity contribution in [3.8, 4) is 6.07 Å². The summed E-state index contributed by atoms with van der Waals surface area (Å²) in [6.45, 7) is 13.0. The maximum atomic E-state index is 12.3. The molecule has 0 aliphatic carbocycles. The number of urea groups is 3. The number of nitriles is 1. The number of fused-ring (bicyclic) bond motifs is 1. The largest absolute Gasteiger partial charge is 0.497 e. The first-order valence-electron chi connectivity index (χ1n) is 41.7. The Bertz CT molecular complexity index is 6370. The van der Waals surface area contributed by atoms with Crippen molar-refractivity contribution in [3.63, 3.8) is 0 Å². The van der Waals surface area contributed by atoms with Crippen molar-refractivity contribution in [1.82, 2.24) is 0 Å². The Hall–Kier alpha value is -17.1. The van der Waals surface area contributed by atoms with Crippen molar-refractivity contribution >= 4 is 133 Å². The van der Waals surface area contributed by atoms with Gasteiger partial charge in [-0.15, -0.1) is 0 Å². The number of carboxylic acids is 1. The topological polar surface area (TPSA) is 374 Å². The molecule has 13 aromatic carbocycles. The summed E-state index contributed by atoms with van der Waals surface area (Å²) in [5.41, 5.74) is 12.9. The third-order valence-electron chi connectivity index (χ3n) is 19.9. The first-order chi connectivity index (χ1) is 63.4. The maximum absolute atomic E-state index is 12.3. The number of nitrogens with zero attached hydrogens (tertiary/aromatic N) is 1. The van der Waals surface area contributed by atoms with E-state index >= 15 is 0 Å². The second-order valence-electron chi connectivity index (χ2n) is 29.7. The van der Waals surface area contributed by atoms with E-state index in [2.05, 4.69) is 44.5 Å². The van der Waals surface area contributed by atoms with Crippen LogP contribution in [-0.4, -0.2) is 101 Å². The minimum absolute atomic E-state index is 0. The zero-order chi connectivity index (χ0) is 95.6. The number of Topliss-reactive ketones (excluding diaryl/α,β-unsaturated/α-hetero) is 9. The average molecular weight is 1780 g/mol. The van der Waals surface area contributed by atoms with Crippen LogP contribution in [0.25, 0.3) is 16.5 Å². The molecule has 0 aliphatic heterocycles. The van der Waals surface area contributed by atoms with E-state index in [1.165, 1.54) is 47.8 Å². The minimum Gasteiger partial charge on any atom is -0.497 e. The van der Waals surface area contributed by atoms with Gasteiger partial charge in [-0.2, -0.15) is 5.26 Å². The van der Waals surface area contributed by atoms with E-state index in [9.17, 15) is 67.1 Å². The average Bonchev–Trinajstić information content (AvgIpc) is 0.808. The molecule has 24 nitrogen and oxygen atoms in total. The van der Waals surface area contributed by atoms with E-state index in [0.717, 1.165) is 44.2 Å². The zero-order valence-corrected chi connectivity index (χ0v) is 74.1. The highest BCUT2D eigenvalue weighted by Gasteiger charge is 2.20. The maximum Gasteiger partial charge on any atom is 0.339 e. The van der Waals surface area contributed by atoms with E-state index in [1.54, 1.807) is 208 Å². The number of rotatable bonds is 29. The van der Waals surface area contributed by atoms with Crippen LogP contribution < -0.4 is 31.9 Å². The van der Waals surface area contributed by atoms with E-state index in [0.29, 0.717) is 116 Å². The fourth-order valence-electron chi connectivity index (χ4n) is 13.3. The first kappa shape index (κ1) is 103. The van der Waals surface area contributed by atoms with Gasteiger partial charge in [0.15, 0.2) is 34.7 Å². The summed E-state index contributed by atoms with van der Waals surface area (Å²) >= 11 is 0. The fraction of sp³-hybridized carbons (Fsp3) is 0.147. The Labute approximate surface area is 772 Å². The molecule has 24 heteroatoms. The van der Waals surface area contributed by atoms with Gasteiger partial charge in [-0.3, -0.25) is 43.2 Å². The van der Waals surface area contributed by atoms with Crippen molar-refractivity contribution in [2.24, 2.45) is 0 Å². The Kier molecular flexibility index (Phi) is 41.0. The molecular weight excluding hydrogens is 1680 g/mol. The molecule has 0 aliphatic rings. The van der Waals surface area contributed by atoms with Crippen molar-refractivity contribution in [2.45, 2.75) is 93.9 Å². The lowest BCUT2D eigenvalue weighted by atomic mass is 9.95. The van der Waals surface area contributed by atoms with Crippen LogP contribution in [0.3, 0.4) is 0 Å². The number of carbonyl (C=O) groups excluding carboxylic acids is 13. The number of ketones is 9. The number of benzene rings is 13. The van der Waals surface area contributed by atoms with Crippen LogP contribution >= 0.6 is 0 Å². The summed E-state index contributed by atoms with van der Waals surface area (Å²) in [5.74, 6) is -1.23. The number of carboxylic acid groups (broad SMARTS) is 1. The monoisotopic (exact) mass is 1780 g/mol. The van der Waals surface area contributed by atoms with Gasteiger partial charge >= 0.3 is 30.0 Å². The third kappa shape index (κ3) is 33.3. The normalized spacial score (nSPS) is 9.98. The molecule has 0 aromatic heterocycles. The van der Waals surface area contributed by atoms with Gasteiger partial charge in [0.05, 0.1) is 54.0 Å². The lowest BCUT2D eigenvalue weighted by molar-refractivity contribution is -0.118. The second kappa shape index (κ2) is 52.9. The van der Waals surface area contributed by atoms with Gasteiger partial charge in [-0.25, -0.2) is 24.0 Å². The Morgan fingerprint density at radius 1 is 0.323 bits per heavy atom. The highest BCUT2D eigenvalue weighted by atomic mass is 16.5. The third-order valence-corrected chi connectivity index (χ3v) is 19.9. The van der Waals surface area contributed by atoms with Crippen LogP contribution in [0.15, 0.2) is 322 Å². The molecule has 0 unspecified atom stereocenters. The summed E-state index contributed by atoms with van der Waals surface area (Å²) < 4.78 is 9.88. The summed E-state index contributed by atoms with van der Waals surface area (Å²) in [7, 11) is 2.86. The number of anilines is 6. The Morgan fingerprint density at radius 3 is 1.18 bits per heavy atom. The zero-order valence-electron chi connectivity index (χ0n) is 74.1. The Morgan fingerprint density at radius 2 is 0.699 bits per heavy atom. The fourth-order valence-corrected chi connectivity index (χ4v) is 13.3. The second-order valence-corrected chi connectivity index (χ2v) is 29.7. The van der Waals surface area contributed by atoms with E-state index < -0.39 is 30.0 Å². The number of esters is 1. The minimum atomic E-state index is -0.997. The van der Waals surface area contributed by atoms with Crippen LogP contribution in [0.2, 0.25) is 0 Å². The molecule has 13 aromatic rings. The predicted octanol–water partition coefficient (Wildman–Crippen LogP) is 22.5. The first-order valence-corrected chi connectivity index (χ1v) is 41.7. The van der Waals surface area contributed by atoms with Gasteiger partial charge in [0.25, 0.3) is 0 Å². The van der Waals surface area contributed by atoms with Crippen molar-refractivity contribution < 1.29 is 81.7 Å². The van der Waals surface area contributed by atoms with Gasteiger partial charge in [-0.05, 0) is 182 Å². The highest BCUT2D eigenvalue weighted by Crippen LogP contribution is 2.26. The molecule has 0 bridgehead atoms. The lowest BCUT2D eigenvalue weighted by Crippen LogP contribution is -2.21. The van der Waals surface area contributed by atoms with Gasteiger partial charge < -0.3 is 46.5 Å². The van der Waals surface area contributed by atoms with E-state index in [-0.39, 0.29) is 84.3 Å². The molecular formula is C109H103N7O17. The smallest absolute Gasteiger partial charge is 0.339 e. The van der Waals surface area contributed by atoms with Crippen LogP contribution in [0, 0.1) is 11.3 Å². The lowest BCUT2D eigenvalue weighted by Gasteiger charge is -2.11. The standard InChI is InChI=1S/C19H16N2O3.C19H17NO2.C19H18O3.C18H18N2O3.C17H16N2O3.C16H14O3.CH4/c1-24-18(22)16-8-4-5-9-17(16)21-19(23)20-15-11-10-13-6-2-3-7-14(13)12-15;1-14(22-2)19-9-4-3-8-17(19)12-18(21)11-15-6-5-7-16(10-15)13-20;1-13(20)18-9-5-3-7-15(18)11-17(22)12-16-8-4-6-10-19(16)14(2)21;1-3-17(22)15-6-4-5-7-16(15)20-18(23)19-14-10-8-13(9-11-14)12(2)21;1-11(20)13-6-5-7-14(10-13)18-17(22)19-16-9-4-3-8-15(16)12(2)21;17-14(10-12-6-2-1-3-7-12)11-13-8-4-5-9-15(13)16(18)19;/h2-12H,1H3,(H2,20,21,23);3-10H,1,11-12H2,2H3;3-10H,11-12H2,1-2H3;4-11H,3H2,1-2H3,(H2,19,20,23);3-10H,1-2H3,(H2,18,19,22);1-9H,10-11H2,(H,18,19);1H4. The molecule has 7 N–H and O–H groups in total.